The average Bonchev–Trinajstić information content (AvgIpc) is 2.79. The van der Waals surface area contributed by atoms with Gasteiger partial charge in [0.25, 0.3) is 0 Å². The molecule has 0 saturated heterocycles. The molecule has 0 saturated carbocycles. The number of amides is 2. The lowest BCUT2D eigenvalue weighted by atomic mass is 10.1. The van der Waals surface area contributed by atoms with Crippen molar-refractivity contribution in [2.24, 2.45) is 0 Å². The fourth-order valence-electron chi connectivity index (χ4n) is 3.38. The highest BCUT2D eigenvalue weighted by Crippen LogP contribution is 2.21. The minimum absolute atomic E-state index is 0.114. The second-order valence-corrected chi connectivity index (χ2v) is 8.05. The number of hydrogen-bond acceptors (Lipinski definition) is 4. The van der Waals surface area contributed by atoms with Crippen LogP contribution >= 0.6 is 11.6 Å². The Kier molecular flexibility index (Phi) is 8.87. The van der Waals surface area contributed by atoms with Crippen LogP contribution in [0.15, 0.2) is 66.7 Å². The molecule has 0 spiro atoms. The molecule has 1 atom stereocenters. The van der Waals surface area contributed by atoms with Crippen molar-refractivity contribution in [1.82, 2.24) is 10.2 Å². The summed E-state index contributed by atoms with van der Waals surface area (Å²) in [7, 11) is 0. The van der Waals surface area contributed by atoms with E-state index in [9.17, 15) is 14.4 Å². The van der Waals surface area contributed by atoms with E-state index in [0.717, 1.165) is 11.1 Å². The maximum absolute atomic E-state index is 12.9. The molecule has 1 unspecified atom stereocenters. The van der Waals surface area contributed by atoms with Crippen molar-refractivity contribution in [3.05, 3.63) is 82.9 Å². The molecule has 0 fully saturated rings. The Hall–Kier alpha value is -3.12. The number of hydrogen-bond donors (Lipinski definition) is 1. The summed E-state index contributed by atoms with van der Waals surface area (Å²) in [5.74, 6) is -0.772. The van der Waals surface area contributed by atoms with E-state index in [-0.39, 0.29) is 43.7 Å². The van der Waals surface area contributed by atoms with Gasteiger partial charge < -0.3 is 15.0 Å². The summed E-state index contributed by atoms with van der Waals surface area (Å²) in [5.41, 5.74) is 1.69. The molecule has 0 radical (unpaired) electrons. The lowest BCUT2D eigenvalue weighted by molar-refractivity contribution is -0.153. The fourth-order valence-corrected chi connectivity index (χ4v) is 3.51. The summed E-state index contributed by atoms with van der Waals surface area (Å²) in [4.78, 5) is 39.3. The number of rotatable bonds is 5. The van der Waals surface area contributed by atoms with Crippen LogP contribution in [-0.4, -0.2) is 35.8 Å². The number of ether oxygens (including phenoxy) is 1. The van der Waals surface area contributed by atoms with Crippen molar-refractivity contribution < 1.29 is 19.1 Å². The lowest BCUT2D eigenvalue weighted by Crippen LogP contribution is -2.43. The highest BCUT2D eigenvalue weighted by molar-refractivity contribution is 6.30. The highest BCUT2D eigenvalue weighted by atomic mass is 35.5. The van der Waals surface area contributed by atoms with E-state index in [1.165, 1.54) is 4.90 Å². The van der Waals surface area contributed by atoms with Gasteiger partial charge in [0.2, 0.25) is 11.8 Å². The molecule has 2 aromatic carbocycles. The van der Waals surface area contributed by atoms with Crippen LogP contribution in [0.5, 0.6) is 0 Å². The zero-order valence-electron chi connectivity index (χ0n) is 17.8. The van der Waals surface area contributed by atoms with Gasteiger partial charge in [0.1, 0.15) is 6.10 Å². The van der Waals surface area contributed by atoms with Crippen LogP contribution in [0.3, 0.4) is 0 Å². The molecule has 32 heavy (non-hydrogen) atoms. The average molecular weight is 455 g/mol. The van der Waals surface area contributed by atoms with E-state index >= 15 is 0 Å². The smallest absolute Gasteiger partial charge is 0.306 e. The zero-order valence-corrected chi connectivity index (χ0v) is 18.6. The number of nitrogens with zero attached hydrogens (tertiary/aromatic N) is 1. The number of carbonyl (C=O) groups is 3. The number of benzene rings is 2. The van der Waals surface area contributed by atoms with E-state index in [4.69, 9.17) is 16.3 Å². The first-order chi connectivity index (χ1) is 15.5. The van der Waals surface area contributed by atoms with Crippen molar-refractivity contribution in [3.63, 3.8) is 0 Å². The standard InChI is InChI=1S/C25H27ClN2O4/c26-21-14-12-19(13-15-21)16-27-23(29)18-28-17-22(20-8-4-3-5-9-20)32-25(31)11-7-2-1-6-10-24(28)30/h1-5,8-9,12-15,22H,6-7,10-11,16-18H2,(H,27,29)/b2-1+. The third-order valence-electron chi connectivity index (χ3n) is 5.13. The topological polar surface area (TPSA) is 75.7 Å². The number of halogens is 1. The van der Waals surface area contributed by atoms with Crippen LogP contribution in [-0.2, 0) is 25.7 Å². The summed E-state index contributed by atoms with van der Waals surface area (Å²) in [6.45, 7) is 0.335. The van der Waals surface area contributed by atoms with Crippen molar-refractivity contribution in [3.8, 4) is 0 Å². The van der Waals surface area contributed by atoms with Crippen LogP contribution < -0.4 is 5.32 Å². The van der Waals surface area contributed by atoms with Gasteiger partial charge in [-0.1, -0.05) is 66.2 Å². The second kappa shape index (κ2) is 12.1. The molecular formula is C25H27ClN2O4. The van der Waals surface area contributed by atoms with E-state index in [0.29, 0.717) is 24.4 Å². The Labute approximate surface area is 193 Å². The molecule has 1 aliphatic heterocycles. The van der Waals surface area contributed by atoms with Crippen molar-refractivity contribution in [2.45, 2.75) is 38.3 Å². The molecule has 0 bridgehead atoms. The molecular weight excluding hydrogens is 428 g/mol. The van der Waals surface area contributed by atoms with Crippen molar-refractivity contribution in [2.75, 3.05) is 13.1 Å². The van der Waals surface area contributed by atoms with Gasteiger partial charge in [-0.15, -0.1) is 0 Å². The molecule has 168 valence electrons. The van der Waals surface area contributed by atoms with Gasteiger partial charge >= 0.3 is 5.97 Å². The van der Waals surface area contributed by atoms with Gasteiger partial charge in [-0.3, -0.25) is 14.4 Å². The maximum atomic E-state index is 12.9. The second-order valence-electron chi connectivity index (χ2n) is 7.62. The Balaban J connectivity index is 1.72. The summed E-state index contributed by atoms with van der Waals surface area (Å²) < 4.78 is 5.70. The first kappa shape index (κ1) is 23.5. The van der Waals surface area contributed by atoms with Crippen LogP contribution in [0.2, 0.25) is 5.02 Å². The molecule has 2 aromatic rings. The molecule has 3 rings (SSSR count). The van der Waals surface area contributed by atoms with Crippen LogP contribution in [0.25, 0.3) is 0 Å². The summed E-state index contributed by atoms with van der Waals surface area (Å²) in [6.07, 6.45) is 4.83. The van der Waals surface area contributed by atoms with E-state index in [1.807, 2.05) is 54.6 Å². The van der Waals surface area contributed by atoms with Gasteiger partial charge in [0, 0.05) is 24.4 Å². The Morgan fingerprint density at radius 1 is 1.00 bits per heavy atom. The predicted octanol–water partition coefficient (Wildman–Crippen LogP) is 4.20. The van der Waals surface area contributed by atoms with E-state index < -0.39 is 6.10 Å². The van der Waals surface area contributed by atoms with E-state index in [1.54, 1.807) is 12.1 Å². The molecule has 7 heteroatoms. The van der Waals surface area contributed by atoms with Crippen molar-refractivity contribution >= 4 is 29.4 Å². The number of carbonyl (C=O) groups excluding carboxylic acids is 3. The quantitative estimate of drug-likeness (QED) is 0.542. The molecule has 6 nitrogen and oxygen atoms in total. The van der Waals surface area contributed by atoms with E-state index in [2.05, 4.69) is 5.32 Å². The minimum atomic E-state index is -0.639. The Morgan fingerprint density at radius 3 is 2.41 bits per heavy atom. The third kappa shape index (κ3) is 7.54. The molecule has 2 amide bonds. The summed E-state index contributed by atoms with van der Waals surface area (Å²) in [5, 5.41) is 3.46. The SMILES string of the molecule is O=C(CN1CC(c2ccccc2)OC(=O)CC/C=C/CCC1=O)NCc1ccc(Cl)cc1. The highest BCUT2D eigenvalue weighted by Gasteiger charge is 2.25. The first-order valence-electron chi connectivity index (χ1n) is 10.7. The van der Waals surface area contributed by atoms with Gasteiger partial charge in [-0.05, 0) is 36.1 Å². The molecule has 1 heterocycles. The van der Waals surface area contributed by atoms with Crippen molar-refractivity contribution in [1.29, 1.82) is 0 Å². The number of nitrogens with one attached hydrogen (secondary N) is 1. The molecule has 1 N–H and O–H groups in total. The fraction of sp³-hybridized carbons (Fsp3) is 0.320. The monoisotopic (exact) mass is 454 g/mol. The first-order valence-corrected chi connectivity index (χ1v) is 11.1. The number of esters is 1. The number of allylic oxidation sites excluding steroid dienone is 2. The summed E-state index contributed by atoms with van der Waals surface area (Å²) >= 11 is 5.90. The minimum Gasteiger partial charge on any atom is -0.456 e. The molecule has 0 aromatic heterocycles. The van der Waals surface area contributed by atoms with Crippen LogP contribution in [0, 0.1) is 0 Å². The Bertz CT molecular complexity index is 944. The van der Waals surface area contributed by atoms with Gasteiger partial charge in [-0.25, -0.2) is 0 Å². The largest absolute Gasteiger partial charge is 0.456 e. The lowest BCUT2D eigenvalue weighted by Gasteiger charge is -2.28. The molecule has 0 aliphatic carbocycles. The van der Waals surface area contributed by atoms with Gasteiger partial charge in [0.15, 0.2) is 0 Å². The van der Waals surface area contributed by atoms with Crippen LogP contribution in [0.1, 0.15) is 42.9 Å². The normalized spacial score (nSPS) is 18.8. The molecule has 1 aliphatic rings. The zero-order chi connectivity index (χ0) is 22.8. The van der Waals surface area contributed by atoms with Crippen LogP contribution in [0.4, 0.5) is 0 Å². The van der Waals surface area contributed by atoms with Gasteiger partial charge in [-0.2, -0.15) is 0 Å². The maximum Gasteiger partial charge on any atom is 0.306 e. The third-order valence-corrected chi connectivity index (χ3v) is 5.38. The Morgan fingerprint density at radius 2 is 1.69 bits per heavy atom. The number of cyclic esters (lactones) is 1. The summed E-state index contributed by atoms with van der Waals surface area (Å²) in [6, 6.07) is 16.5. The van der Waals surface area contributed by atoms with Gasteiger partial charge in [0.05, 0.1) is 13.1 Å². The predicted molar refractivity (Wildman–Crippen MR) is 123 cm³/mol.